The van der Waals surface area contributed by atoms with Gasteiger partial charge in [0.15, 0.2) is 0 Å². The topological polar surface area (TPSA) is 69.2 Å². The van der Waals surface area contributed by atoms with Gasteiger partial charge in [0.1, 0.15) is 0 Å². The van der Waals surface area contributed by atoms with Crippen molar-refractivity contribution in [1.29, 1.82) is 0 Å². The third kappa shape index (κ3) is 4.08. The maximum absolute atomic E-state index is 13.6. The first-order valence-corrected chi connectivity index (χ1v) is 11.8. The third-order valence-electron chi connectivity index (χ3n) is 6.85. The number of hydrogen-bond donors (Lipinski definition) is 1. The number of aryl methyl sites for hydroxylation is 2. The standard InChI is InChI=1S/C26H30ClN3O3/c1-5-6-9-18(25(31)32)14-29-22-10-7-8-11-23(22)30(26(29)33)15-19-12-20(27)13-21-16(2)17(3)28(4)24(19)21/h7-8,10-13,18H,5-6,9,14-15H2,1-4H3,(H,31,32). The van der Waals surface area contributed by atoms with Gasteiger partial charge in [0, 0.05) is 29.7 Å². The van der Waals surface area contributed by atoms with Crippen LogP contribution in [0.4, 0.5) is 0 Å². The summed E-state index contributed by atoms with van der Waals surface area (Å²) >= 11 is 6.47. The summed E-state index contributed by atoms with van der Waals surface area (Å²) in [5, 5.41) is 11.5. The summed E-state index contributed by atoms with van der Waals surface area (Å²) in [6, 6.07) is 11.5. The molecule has 0 fully saturated rings. The molecule has 2 aromatic carbocycles. The van der Waals surface area contributed by atoms with Crippen LogP contribution in [-0.4, -0.2) is 24.8 Å². The highest BCUT2D eigenvalue weighted by Gasteiger charge is 2.23. The van der Waals surface area contributed by atoms with Crippen LogP contribution in [-0.2, 0) is 24.9 Å². The van der Waals surface area contributed by atoms with Crippen LogP contribution in [0, 0.1) is 19.8 Å². The highest BCUT2D eigenvalue weighted by molar-refractivity contribution is 6.31. The van der Waals surface area contributed by atoms with Crippen LogP contribution >= 0.6 is 11.6 Å². The average Bonchev–Trinajstić information content (AvgIpc) is 3.17. The lowest BCUT2D eigenvalue weighted by atomic mass is 10.0. The van der Waals surface area contributed by atoms with Gasteiger partial charge < -0.3 is 9.67 Å². The lowest BCUT2D eigenvalue weighted by Gasteiger charge is -2.12. The molecule has 0 saturated heterocycles. The number of carboxylic acids is 1. The van der Waals surface area contributed by atoms with E-state index in [1.165, 1.54) is 5.56 Å². The number of imidazole rings is 1. The van der Waals surface area contributed by atoms with Crippen molar-refractivity contribution in [2.75, 3.05) is 0 Å². The summed E-state index contributed by atoms with van der Waals surface area (Å²) in [5.74, 6) is -1.46. The minimum Gasteiger partial charge on any atom is -0.481 e. The van der Waals surface area contributed by atoms with Gasteiger partial charge in [-0.25, -0.2) is 4.79 Å². The lowest BCUT2D eigenvalue weighted by molar-refractivity contribution is -0.142. The van der Waals surface area contributed by atoms with E-state index in [0.717, 1.165) is 46.0 Å². The second kappa shape index (κ2) is 9.10. The molecule has 33 heavy (non-hydrogen) atoms. The zero-order valence-corrected chi connectivity index (χ0v) is 20.3. The molecule has 2 aromatic heterocycles. The van der Waals surface area contributed by atoms with Crippen LogP contribution in [0.15, 0.2) is 41.2 Å². The molecule has 0 spiro atoms. The molecule has 7 heteroatoms. The first-order valence-electron chi connectivity index (χ1n) is 11.4. The fourth-order valence-corrected chi connectivity index (χ4v) is 5.05. The van der Waals surface area contributed by atoms with E-state index < -0.39 is 11.9 Å². The normalized spacial score (nSPS) is 12.6. The number of fused-ring (bicyclic) bond motifs is 2. The molecule has 0 bridgehead atoms. The third-order valence-corrected chi connectivity index (χ3v) is 7.07. The molecule has 0 aliphatic carbocycles. The van der Waals surface area contributed by atoms with Gasteiger partial charge in [-0.2, -0.15) is 0 Å². The molecule has 0 aliphatic heterocycles. The van der Waals surface area contributed by atoms with Crippen LogP contribution in [0.3, 0.4) is 0 Å². The Morgan fingerprint density at radius 3 is 2.42 bits per heavy atom. The number of nitrogens with zero attached hydrogens (tertiary/aromatic N) is 3. The first-order chi connectivity index (χ1) is 15.7. The highest BCUT2D eigenvalue weighted by Crippen LogP contribution is 2.31. The number of para-hydroxylation sites is 2. The summed E-state index contributed by atoms with van der Waals surface area (Å²) in [4.78, 5) is 25.5. The number of hydrogen-bond acceptors (Lipinski definition) is 2. The van der Waals surface area contributed by atoms with E-state index in [2.05, 4.69) is 18.4 Å². The Morgan fingerprint density at radius 1 is 1.12 bits per heavy atom. The van der Waals surface area contributed by atoms with E-state index >= 15 is 0 Å². The van der Waals surface area contributed by atoms with Gasteiger partial charge in [0.05, 0.1) is 29.0 Å². The second-order valence-electron chi connectivity index (χ2n) is 8.88. The predicted octanol–water partition coefficient (Wildman–Crippen LogP) is 5.50. The second-order valence-corrected chi connectivity index (χ2v) is 9.31. The van der Waals surface area contributed by atoms with Crippen molar-refractivity contribution in [2.24, 2.45) is 13.0 Å². The van der Waals surface area contributed by atoms with Gasteiger partial charge in [-0.3, -0.25) is 13.9 Å². The Labute approximate surface area is 198 Å². The Balaban J connectivity index is 1.86. The largest absolute Gasteiger partial charge is 0.481 e. The molecule has 4 rings (SSSR count). The van der Waals surface area contributed by atoms with Crippen molar-refractivity contribution in [2.45, 2.75) is 53.1 Å². The van der Waals surface area contributed by atoms with Crippen molar-refractivity contribution < 1.29 is 9.90 Å². The number of halogens is 1. The number of rotatable bonds is 8. The minimum atomic E-state index is -0.863. The fourth-order valence-electron chi connectivity index (χ4n) is 4.81. The lowest BCUT2D eigenvalue weighted by Crippen LogP contribution is -2.30. The van der Waals surface area contributed by atoms with E-state index in [1.807, 2.05) is 50.4 Å². The Morgan fingerprint density at radius 2 is 1.79 bits per heavy atom. The van der Waals surface area contributed by atoms with Gasteiger partial charge in [-0.05, 0) is 55.7 Å². The Bertz CT molecular complexity index is 1410. The van der Waals surface area contributed by atoms with E-state index in [9.17, 15) is 14.7 Å². The van der Waals surface area contributed by atoms with Gasteiger partial charge >= 0.3 is 11.7 Å². The summed E-state index contributed by atoms with van der Waals surface area (Å²) in [7, 11) is 2.03. The van der Waals surface area contributed by atoms with E-state index in [0.29, 0.717) is 18.0 Å². The zero-order valence-electron chi connectivity index (χ0n) is 19.6. The number of carbonyl (C=O) groups is 1. The highest BCUT2D eigenvalue weighted by atomic mass is 35.5. The Hall–Kier alpha value is -2.99. The monoisotopic (exact) mass is 467 g/mol. The van der Waals surface area contributed by atoms with Crippen molar-refractivity contribution in [3.05, 3.63) is 68.7 Å². The Kier molecular flexibility index (Phi) is 6.39. The molecule has 0 aliphatic rings. The maximum Gasteiger partial charge on any atom is 0.329 e. The number of aromatic nitrogens is 3. The maximum atomic E-state index is 13.6. The number of unbranched alkanes of at least 4 members (excludes halogenated alkanes) is 1. The zero-order chi connectivity index (χ0) is 23.9. The smallest absolute Gasteiger partial charge is 0.329 e. The SMILES string of the molecule is CCCCC(Cn1c(=O)n(Cc2cc(Cl)cc3c(C)c(C)n(C)c23)c2ccccc21)C(=O)O. The first kappa shape index (κ1) is 23.2. The molecule has 6 nitrogen and oxygen atoms in total. The van der Waals surface area contributed by atoms with Crippen LogP contribution in [0.5, 0.6) is 0 Å². The summed E-state index contributed by atoms with van der Waals surface area (Å²) in [6.07, 6.45) is 2.28. The average molecular weight is 468 g/mol. The predicted molar refractivity (Wildman–Crippen MR) is 133 cm³/mol. The minimum absolute atomic E-state index is 0.162. The number of benzene rings is 2. The molecule has 1 unspecified atom stereocenters. The van der Waals surface area contributed by atoms with Crippen molar-refractivity contribution >= 4 is 39.5 Å². The van der Waals surface area contributed by atoms with E-state index in [4.69, 9.17) is 11.6 Å². The summed E-state index contributed by atoms with van der Waals surface area (Å²) in [6.45, 7) is 6.71. The fraction of sp³-hybridized carbons (Fsp3) is 0.385. The molecule has 0 radical (unpaired) electrons. The molecule has 0 saturated carbocycles. The van der Waals surface area contributed by atoms with Gasteiger partial charge in [0.2, 0.25) is 0 Å². The van der Waals surface area contributed by atoms with Crippen molar-refractivity contribution in [3.8, 4) is 0 Å². The van der Waals surface area contributed by atoms with Crippen molar-refractivity contribution in [3.63, 3.8) is 0 Å². The van der Waals surface area contributed by atoms with E-state index in [-0.39, 0.29) is 12.2 Å². The number of carboxylic acid groups (broad SMARTS) is 1. The van der Waals surface area contributed by atoms with Crippen LogP contribution in [0.1, 0.15) is 43.0 Å². The van der Waals surface area contributed by atoms with Crippen LogP contribution < -0.4 is 5.69 Å². The molecule has 2 heterocycles. The summed E-state index contributed by atoms with van der Waals surface area (Å²) < 4.78 is 5.50. The van der Waals surface area contributed by atoms with Gasteiger partial charge in [0.25, 0.3) is 0 Å². The van der Waals surface area contributed by atoms with Gasteiger partial charge in [-0.15, -0.1) is 0 Å². The van der Waals surface area contributed by atoms with Crippen molar-refractivity contribution in [1.82, 2.24) is 13.7 Å². The quantitative estimate of drug-likeness (QED) is 0.371. The molecular formula is C26H30ClN3O3. The van der Waals surface area contributed by atoms with Gasteiger partial charge in [-0.1, -0.05) is 43.5 Å². The molecule has 1 N–H and O–H groups in total. The molecule has 4 aromatic rings. The molecule has 174 valence electrons. The molecular weight excluding hydrogens is 438 g/mol. The van der Waals surface area contributed by atoms with Crippen LogP contribution in [0.25, 0.3) is 21.9 Å². The van der Waals surface area contributed by atoms with Crippen LogP contribution in [0.2, 0.25) is 5.02 Å². The van der Waals surface area contributed by atoms with E-state index in [1.54, 1.807) is 9.13 Å². The number of aliphatic carboxylic acids is 1. The molecule has 0 amide bonds. The molecule has 1 atom stereocenters. The summed E-state index contributed by atoms with van der Waals surface area (Å²) in [5.41, 5.74) is 5.69.